The lowest BCUT2D eigenvalue weighted by Crippen LogP contribution is -1.91. The van der Waals surface area contributed by atoms with Gasteiger partial charge in [0.15, 0.2) is 0 Å². The molecule has 0 bridgehead atoms. The first-order valence-corrected chi connectivity index (χ1v) is 7.63. The minimum atomic E-state index is 0.897. The summed E-state index contributed by atoms with van der Waals surface area (Å²) < 4.78 is 10.6. The molecule has 0 atom stereocenters. The quantitative estimate of drug-likeness (QED) is 0.685. The van der Waals surface area contributed by atoms with Crippen LogP contribution in [-0.4, -0.2) is 14.2 Å². The Bertz CT molecular complexity index is 754. The fraction of sp³-hybridized carbons (Fsp3) is 0.238. The number of hydrogen-bond acceptors (Lipinski definition) is 2. The smallest absolute Gasteiger partial charge is 0.121 e. The highest BCUT2D eigenvalue weighted by atomic mass is 16.5. The fourth-order valence-electron chi connectivity index (χ4n) is 2.62. The molecule has 2 aromatic carbocycles. The summed E-state index contributed by atoms with van der Waals surface area (Å²) >= 11 is 0. The zero-order chi connectivity index (χ0) is 17.0. The maximum absolute atomic E-state index is 5.31. The summed E-state index contributed by atoms with van der Waals surface area (Å²) in [5.74, 6) is 1.80. The van der Waals surface area contributed by atoms with Crippen molar-refractivity contribution in [2.24, 2.45) is 0 Å². The van der Waals surface area contributed by atoms with Gasteiger partial charge in [-0.05, 0) is 78.4 Å². The molecule has 0 amide bonds. The van der Waals surface area contributed by atoms with Gasteiger partial charge in [0, 0.05) is 0 Å². The number of benzene rings is 2. The van der Waals surface area contributed by atoms with E-state index in [-0.39, 0.29) is 0 Å². The van der Waals surface area contributed by atoms with Crippen LogP contribution in [0.2, 0.25) is 0 Å². The average molecular weight is 308 g/mol. The molecule has 2 aromatic rings. The van der Waals surface area contributed by atoms with E-state index in [1.165, 1.54) is 0 Å². The van der Waals surface area contributed by atoms with Gasteiger partial charge in [-0.1, -0.05) is 24.8 Å². The van der Waals surface area contributed by atoms with Crippen LogP contribution in [0.25, 0.3) is 11.6 Å². The number of aryl methyl sites for hydroxylation is 2. The van der Waals surface area contributed by atoms with E-state index in [1.807, 2.05) is 32.0 Å². The second kappa shape index (κ2) is 7.19. The van der Waals surface area contributed by atoms with Crippen LogP contribution in [-0.2, 0) is 0 Å². The van der Waals surface area contributed by atoms with Gasteiger partial charge in [0.05, 0.1) is 14.2 Å². The molecule has 23 heavy (non-hydrogen) atoms. The van der Waals surface area contributed by atoms with Crippen LogP contribution in [0.4, 0.5) is 0 Å². The molecule has 2 rings (SSSR count). The topological polar surface area (TPSA) is 18.5 Å². The summed E-state index contributed by atoms with van der Waals surface area (Å²) in [5.41, 5.74) is 6.65. The van der Waals surface area contributed by atoms with Gasteiger partial charge in [-0.3, -0.25) is 0 Å². The Morgan fingerprint density at radius 3 is 2.00 bits per heavy atom. The first kappa shape index (κ1) is 16.9. The van der Waals surface area contributed by atoms with Crippen molar-refractivity contribution in [2.45, 2.75) is 20.8 Å². The highest BCUT2D eigenvalue weighted by Gasteiger charge is 2.06. The molecule has 0 fully saturated rings. The average Bonchev–Trinajstić information content (AvgIpc) is 2.54. The predicted octanol–water partition coefficient (Wildman–Crippen LogP) is 5.44. The zero-order valence-corrected chi connectivity index (χ0v) is 14.6. The summed E-state index contributed by atoms with van der Waals surface area (Å²) in [7, 11) is 3.38. The van der Waals surface area contributed by atoms with E-state index in [0.717, 1.165) is 44.9 Å². The van der Waals surface area contributed by atoms with Crippen molar-refractivity contribution in [2.75, 3.05) is 14.2 Å². The SMILES string of the molecule is C=C(/C(C)=C\c1ccc(OC)c(C)c1)c1ccc(OC)c(C)c1. The molecular weight excluding hydrogens is 284 g/mol. The van der Waals surface area contributed by atoms with E-state index in [9.17, 15) is 0 Å². The van der Waals surface area contributed by atoms with Crippen LogP contribution in [0.5, 0.6) is 11.5 Å². The maximum Gasteiger partial charge on any atom is 0.121 e. The van der Waals surface area contributed by atoms with Crippen LogP contribution in [0.15, 0.2) is 48.6 Å². The first-order chi connectivity index (χ1) is 11.0. The lowest BCUT2D eigenvalue weighted by Gasteiger charge is -2.11. The monoisotopic (exact) mass is 308 g/mol. The van der Waals surface area contributed by atoms with Crippen LogP contribution >= 0.6 is 0 Å². The molecule has 0 aliphatic carbocycles. The molecule has 0 saturated carbocycles. The molecule has 0 aliphatic rings. The second-order valence-electron chi connectivity index (χ2n) is 5.72. The third kappa shape index (κ3) is 3.84. The minimum absolute atomic E-state index is 0.897. The van der Waals surface area contributed by atoms with Gasteiger partial charge < -0.3 is 9.47 Å². The van der Waals surface area contributed by atoms with Crippen molar-refractivity contribution in [1.29, 1.82) is 0 Å². The number of allylic oxidation sites excluding steroid dienone is 2. The van der Waals surface area contributed by atoms with Crippen molar-refractivity contribution in [3.05, 3.63) is 70.8 Å². The first-order valence-electron chi connectivity index (χ1n) is 7.63. The second-order valence-corrected chi connectivity index (χ2v) is 5.72. The highest BCUT2D eigenvalue weighted by molar-refractivity contribution is 5.83. The Labute approximate surface area is 139 Å². The molecule has 120 valence electrons. The van der Waals surface area contributed by atoms with Crippen LogP contribution in [0, 0.1) is 13.8 Å². The van der Waals surface area contributed by atoms with Gasteiger partial charge in [0.1, 0.15) is 11.5 Å². The number of methoxy groups -OCH3 is 2. The summed E-state index contributed by atoms with van der Waals surface area (Å²) in [6, 6.07) is 12.3. The van der Waals surface area contributed by atoms with E-state index in [2.05, 4.69) is 37.8 Å². The summed E-state index contributed by atoms with van der Waals surface area (Å²) in [4.78, 5) is 0. The highest BCUT2D eigenvalue weighted by Crippen LogP contribution is 2.28. The van der Waals surface area contributed by atoms with Gasteiger partial charge in [0.2, 0.25) is 0 Å². The van der Waals surface area contributed by atoms with E-state index >= 15 is 0 Å². The summed E-state index contributed by atoms with van der Waals surface area (Å²) in [6.07, 6.45) is 2.15. The maximum atomic E-state index is 5.31. The molecule has 0 saturated heterocycles. The van der Waals surface area contributed by atoms with Crippen LogP contribution in [0.3, 0.4) is 0 Å². The van der Waals surface area contributed by atoms with Crippen molar-refractivity contribution in [3.63, 3.8) is 0 Å². The van der Waals surface area contributed by atoms with Crippen LogP contribution in [0.1, 0.15) is 29.2 Å². The lowest BCUT2D eigenvalue weighted by molar-refractivity contribution is 0.411. The largest absolute Gasteiger partial charge is 0.496 e. The Kier molecular flexibility index (Phi) is 5.28. The van der Waals surface area contributed by atoms with Crippen molar-refractivity contribution in [1.82, 2.24) is 0 Å². The fourth-order valence-corrected chi connectivity index (χ4v) is 2.62. The molecular formula is C21H24O2. The Hall–Kier alpha value is -2.48. The third-order valence-corrected chi connectivity index (χ3v) is 4.02. The molecule has 0 aliphatic heterocycles. The molecule has 2 nitrogen and oxygen atoms in total. The lowest BCUT2D eigenvalue weighted by atomic mass is 9.97. The molecule has 0 spiro atoms. The van der Waals surface area contributed by atoms with Gasteiger partial charge in [0.25, 0.3) is 0 Å². The zero-order valence-electron chi connectivity index (χ0n) is 14.6. The van der Waals surface area contributed by atoms with Gasteiger partial charge >= 0.3 is 0 Å². The number of ether oxygens (including phenoxy) is 2. The third-order valence-electron chi connectivity index (χ3n) is 4.02. The molecule has 0 N–H and O–H groups in total. The normalized spacial score (nSPS) is 11.3. The molecule has 0 unspecified atom stereocenters. The molecule has 0 heterocycles. The number of rotatable bonds is 5. The Morgan fingerprint density at radius 2 is 1.48 bits per heavy atom. The number of hydrogen-bond donors (Lipinski definition) is 0. The van der Waals surface area contributed by atoms with E-state index in [0.29, 0.717) is 0 Å². The van der Waals surface area contributed by atoms with E-state index in [4.69, 9.17) is 9.47 Å². The Balaban J connectivity index is 2.28. The van der Waals surface area contributed by atoms with Gasteiger partial charge in [-0.15, -0.1) is 0 Å². The van der Waals surface area contributed by atoms with Gasteiger partial charge in [-0.25, -0.2) is 0 Å². The van der Waals surface area contributed by atoms with Gasteiger partial charge in [-0.2, -0.15) is 0 Å². The summed E-state index contributed by atoms with van der Waals surface area (Å²) in [6.45, 7) is 10.4. The predicted molar refractivity (Wildman–Crippen MR) is 98.1 cm³/mol. The standard InChI is InChI=1S/C21H24O2/c1-14(11-18-7-9-20(22-5)15(2)12-18)17(4)19-8-10-21(23-6)16(3)13-19/h7-13H,4H2,1-3,5-6H3/b14-11-. The van der Waals surface area contributed by atoms with E-state index < -0.39 is 0 Å². The van der Waals surface area contributed by atoms with Crippen molar-refractivity contribution >= 4 is 11.6 Å². The van der Waals surface area contributed by atoms with E-state index in [1.54, 1.807) is 14.2 Å². The molecule has 0 radical (unpaired) electrons. The Morgan fingerprint density at radius 1 is 0.913 bits per heavy atom. The van der Waals surface area contributed by atoms with Crippen molar-refractivity contribution < 1.29 is 9.47 Å². The van der Waals surface area contributed by atoms with Crippen molar-refractivity contribution in [3.8, 4) is 11.5 Å². The van der Waals surface area contributed by atoms with Crippen LogP contribution < -0.4 is 9.47 Å². The minimum Gasteiger partial charge on any atom is -0.496 e. The molecule has 0 aromatic heterocycles. The molecule has 2 heteroatoms. The summed E-state index contributed by atoms with van der Waals surface area (Å²) in [5, 5.41) is 0.